The third-order valence-electron chi connectivity index (χ3n) is 5.60. The predicted molar refractivity (Wildman–Crippen MR) is 141 cm³/mol. The number of aromatic hydroxyl groups is 4. The summed E-state index contributed by atoms with van der Waals surface area (Å²) in [4.78, 5) is 18.2. The van der Waals surface area contributed by atoms with Crippen molar-refractivity contribution in [3.05, 3.63) is 68.8 Å². The van der Waals surface area contributed by atoms with E-state index in [9.17, 15) is 66.6 Å². The molecular formula is C22H12N6O14S2-2. The molecule has 0 atom stereocenters. The molecular weight excluding hydrogens is 636 g/mol. The van der Waals surface area contributed by atoms with Crippen LogP contribution in [0.25, 0.3) is 10.8 Å². The summed E-state index contributed by atoms with van der Waals surface area (Å²) < 4.78 is 69.3. The van der Waals surface area contributed by atoms with Crippen LogP contribution in [0, 0.1) is 20.2 Å². The molecule has 4 aromatic carbocycles. The number of nitrogens with zero attached hydrogens (tertiary/aromatic N) is 6. The highest BCUT2D eigenvalue weighted by Gasteiger charge is 2.24. The van der Waals surface area contributed by atoms with Crippen molar-refractivity contribution >= 4 is 65.1 Å². The Balaban J connectivity index is 1.84. The lowest BCUT2D eigenvalue weighted by molar-refractivity contribution is -0.394. The maximum atomic E-state index is 11.7. The lowest BCUT2D eigenvalue weighted by atomic mass is 10.1. The highest BCUT2D eigenvalue weighted by molar-refractivity contribution is 7.86. The summed E-state index contributed by atoms with van der Waals surface area (Å²) in [6, 6.07) is 5.12. The molecule has 44 heavy (non-hydrogen) atoms. The van der Waals surface area contributed by atoms with E-state index in [-0.39, 0.29) is 5.39 Å². The Labute approximate surface area is 243 Å². The van der Waals surface area contributed by atoms with E-state index < -0.39 is 102 Å². The molecule has 0 heterocycles. The van der Waals surface area contributed by atoms with Gasteiger partial charge in [-0.25, -0.2) is 16.8 Å². The zero-order valence-corrected chi connectivity index (χ0v) is 22.6. The van der Waals surface area contributed by atoms with Gasteiger partial charge in [-0.2, -0.15) is 0 Å². The van der Waals surface area contributed by atoms with Crippen molar-refractivity contribution in [3.63, 3.8) is 0 Å². The van der Waals surface area contributed by atoms with E-state index in [4.69, 9.17) is 0 Å². The van der Waals surface area contributed by atoms with Crippen LogP contribution in [0.1, 0.15) is 0 Å². The van der Waals surface area contributed by atoms with Crippen molar-refractivity contribution in [2.75, 3.05) is 0 Å². The number of azo groups is 2. The van der Waals surface area contributed by atoms with Crippen LogP contribution < -0.4 is 0 Å². The molecule has 0 bridgehead atoms. The van der Waals surface area contributed by atoms with Crippen molar-refractivity contribution in [3.8, 4) is 23.0 Å². The molecule has 20 nitrogen and oxygen atoms in total. The topological polar surface area (TPSA) is 331 Å². The fourth-order valence-corrected chi connectivity index (χ4v) is 4.68. The lowest BCUT2D eigenvalue weighted by Crippen LogP contribution is -2.00. The van der Waals surface area contributed by atoms with Gasteiger partial charge in [0.25, 0.3) is 5.69 Å². The Morgan fingerprint density at radius 1 is 0.568 bits per heavy atom. The molecule has 228 valence electrons. The Bertz CT molecular complexity index is 2180. The molecule has 0 aliphatic rings. The monoisotopic (exact) mass is 648 g/mol. The summed E-state index contributed by atoms with van der Waals surface area (Å²) in [6.07, 6.45) is 0. The van der Waals surface area contributed by atoms with E-state index >= 15 is 0 Å². The zero-order valence-electron chi connectivity index (χ0n) is 21.0. The minimum absolute atomic E-state index is 0.366. The largest absolute Gasteiger partial charge is 0.744 e. The smallest absolute Gasteiger partial charge is 0.319 e. The fraction of sp³-hybridized carbons (Fsp3) is 0. The molecule has 0 aliphatic carbocycles. The van der Waals surface area contributed by atoms with Crippen molar-refractivity contribution in [2.45, 2.75) is 9.79 Å². The molecule has 0 aliphatic heterocycles. The second-order valence-corrected chi connectivity index (χ2v) is 11.2. The number of nitro benzene ring substituents is 2. The van der Waals surface area contributed by atoms with E-state index in [2.05, 4.69) is 20.5 Å². The number of hydrogen-bond donors (Lipinski definition) is 4. The number of nitro groups is 2. The number of fused-ring (bicyclic) bond motifs is 1. The molecule has 0 fully saturated rings. The molecule has 0 saturated carbocycles. The first-order chi connectivity index (χ1) is 20.4. The Morgan fingerprint density at radius 2 is 1.07 bits per heavy atom. The summed E-state index contributed by atoms with van der Waals surface area (Å²) >= 11 is 0. The zero-order chi connectivity index (χ0) is 32.7. The van der Waals surface area contributed by atoms with Crippen LogP contribution in [0.2, 0.25) is 0 Å². The van der Waals surface area contributed by atoms with Crippen molar-refractivity contribution in [1.82, 2.24) is 0 Å². The van der Waals surface area contributed by atoms with Crippen LogP contribution in [0.5, 0.6) is 23.0 Å². The van der Waals surface area contributed by atoms with Gasteiger partial charge < -0.3 is 29.5 Å². The number of non-ortho nitro benzene ring substituents is 1. The van der Waals surface area contributed by atoms with E-state index in [1.54, 1.807) is 0 Å². The molecule has 0 unspecified atom stereocenters. The van der Waals surface area contributed by atoms with Gasteiger partial charge >= 0.3 is 5.69 Å². The Kier molecular flexibility index (Phi) is 7.85. The fourth-order valence-electron chi connectivity index (χ4n) is 3.63. The highest BCUT2D eigenvalue weighted by atomic mass is 32.2. The highest BCUT2D eigenvalue weighted by Crippen LogP contribution is 2.44. The summed E-state index contributed by atoms with van der Waals surface area (Å²) in [5, 5.41) is 76.7. The predicted octanol–water partition coefficient (Wildman–Crippen LogP) is 4.12. The lowest BCUT2D eigenvalue weighted by Gasteiger charge is -2.14. The van der Waals surface area contributed by atoms with Crippen LogP contribution in [0.3, 0.4) is 0 Å². The first kappa shape index (κ1) is 31.1. The van der Waals surface area contributed by atoms with Gasteiger partial charge in [0, 0.05) is 18.2 Å². The van der Waals surface area contributed by atoms with Crippen LogP contribution in [0.4, 0.5) is 34.1 Å². The SMILES string of the molecule is O=[N+]([O-])c1cc(N=Nc2cc(N=Nc3cc(S(=O)(=O)[O-])cc4cc(S(=O)(=O)[O-])cc(O)c34)c(O)cc2O)c(O)c([N+](=O)[O-])c1. The van der Waals surface area contributed by atoms with Crippen molar-refractivity contribution in [1.29, 1.82) is 0 Å². The molecule has 0 spiro atoms. The second kappa shape index (κ2) is 11.1. The van der Waals surface area contributed by atoms with Crippen LogP contribution in [-0.2, 0) is 20.2 Å². The number of hydrogen-bond acceptors (Lipinski definition) is 18. The van der Waals surface area contributed by atoms with Gasteiger partial charge in [0.2, 0.25) is 5.75 Å². The Hall–Kier alpha value is -5.84. The van der Waals surface area contributed by atoms with Gasteiger partial charge in [0.15, 0.2) is 0 Å². The average molecular weight is 649 g/mol. The van der Waals surface area contributed by atoms with E-state index in [0.717, 1.165) is 6.07 Å². The normalized spacial score (nSPS) is 12.3. The van der Waals surface area contributed by atoms with Gasteiger partial charge in [-0.1, -0.05) is 0 Å². The quantitative estimate of drug-likeness (QED) is 0.0903. The maximum absolute atomic E-state index is 11.7. The summed E-state index contributed by atoms with van der Waals surface area (Å²) in [6.45, 7) is 0. The van der Waals surface area contributed by atoms with Crippen molar-refractivity contribution in [2.24, 2.45) is 20.5 Å². The molecule has 4 N–H and O–H groups in total. The third kappa shape index (κ3) is 6.31. The molecule has 0 saturated heterocycles. The molecule has 0 aromatic heterocycles. The molecule has 0 radical (unpaired) electrons. The van der Waals surface area contributed by atoms with E-state index in [1.807, 2.05) is 0 Å². The minimum atomic E-state index is -5.21. The number of phenolic OH excluding ortho intramolecular Hbond substituents is 4. The van der Waals surface area contributed by atoms with Gasteiger partial charge in [-0.05, 0) is 29.7 Å². The summed E-state index contributed by atoms with van der Waals surface area (Å²) in [5.74, 6) is -3.54. The minimum Gasteiger partial charge on any atom is -0.744 e. The van der Waals surface area contributed by atoms with Gasteiger partial charge in [0.1, 0.15) is 54.5 Å². The summed E-state index contributed by atoms with van der Waals surface area (Å²) in [7, 11) is -10.4. The van der Waals surface area contributed by atoms with Crippen LogP contribution >= 0.6 is 0 Å². The molecule has 22 heteroatoms. The van der Waals surface area contributed by atoms with Gasteiger partial charge in [0.05, 0.1) is 36.8 Å². The first-order valence-corrected chi connectivity index (χ1v) is 14.0. The third-order valence-corrected chi connectivity index (χ3v) is 7.22. The van der Waals surface area contributed by atoms with Crippen molar-refractivity contribution < 1.29 is 56.2 Å². The van der Waals surface area contributed by atoms with Crippen LogP contribution in [-0.4, -0.2) is 56.2 Å². The second-order valence-electron chi connectivity index (χ2n) is 8.47. The number of rotatable bonds is 8. The number of phenols is 4. The standard InChI is InChI=1S/C22H14N6O14S2/c29-18-8-19(30)14(24-26-16-3-10(27(33)34)4-17(22(16)32)28(35)36)7-13(18)23-25-15-5-11(43(37,38)39)1-9-2-12(44(40,41)42)6-20(31)21(9)15/h1-8,29-32H,(H,37,38,39)(H,40,41,42)/p-2. The van der Waals surface area contributed by atoms with E-state index in [0.29, 0.717) is 42.5 Å². The summed E-state index contributed by atoms with van der Waals surface area (Å²) in [5.41, 5.74) is -4.29. The molecule has 4 aromatic rings. The van der Waals surface area contributed by atoms with Crippen LogP contribution in [0.15, 0.2) is 78.8 Å². The molecule has 4 rings (SSSR count). The van der Waals surface area contributed by atoms with Gasteiger partial charge in [-0.15, -0.1) is 20.5 Å². The number of benzene rings is 4. The Morgan fingerprint density at radius 3 is 1.57 bits per heavy atom. The first-order valence-electron chi connectivity index (χ1n) is 11.1. The maximum Gasteiger partial charge on any atom is 0.319 e. The van der Waals surface area contributed by atoms with E-state index in [1.165, 1.54) is 0 Å². The average Bonchev–Trinajstić information content (AvgIpc) is 2.90. The van der Waals surface area contributed by atoms with Gasteiger partial charge in [-0.3, -0.25) is 20.2 Å². The molecule has 0 amide bonds.